The Bertz CT molecular complexity index is 843. The van der Waals surface area contributed by atoms with Gasteiger partial charge in [-0.15, -0.1) is 22.7 Å². The van der Waals surface area contributed by atoms with Crippen LogP contribution in [0.25, 0.3) is 0 Å². The number of thiophene rings is 1. The molecule has 0 aliphatic heterocycles. The molecule has 0 bridgehead atoms. The van der Waals surface area contributed by atoms with Gasteiger partial charge in [0.15, 0.2) is 5.13 Å². The van der Waals surface area contributed by atoms with Crippen LogP contribution in [0.2, 0.25) is 0 Å². The summed E-state index contributed by atoms with van der Waals surface area (Å²) in [5, 5.41) is 15.9. The second kappa shape index (κ2) is 6.67. The Morgan fingerprint density at radius 1 is 1.30 bits per heavy atom. The molecule has 3 rings (SSSR count). The van der Waals surface area contributed by atoms with E-state index in [9.17, 15) is 14.9 Å². The minimum atomic E-state index is -0.414. The number of carbonyl (C=O) groups is 1. The largest absolute Gasteiger partial charge is 0.297 e. The molecule has 1 N–H and O–H groups in total. The molecule has 0 fully saturated rings. The van der Waals surface area contributed by atoms with E-state index in [1.165, 1.54) is 28.7 Å². The third kappa shape index (κ3) is 3.79. The molecule has 0 radical (unpaired) electrons. The molecule has 0 aliphatic carbocycles. The maximum Gasteiger partial charge on any atom is 0.269 e. The lowest BCUT2D eigenvalue weighted by Crippen LogP contribution is -2.09. The first kappa shape index (κ1) is 15.3. The number of thiazole rings is 1. The Morgan fingerprint density at radius 2 is 2.17 bits per heavy atom. The van der Waals surface area contributed by atoms with Gasteiger partial charge in [0.25, 0.3) is 11.6 Å². The van der Waals surface area contributed by atoms with Gasteiger partial charge >= 0.3 is 0 Å². The number of hydrogen-bond acceptors (Lipinski definition) is 6. The highest BCUT2D eigenvalue weighted by molar-refractivity contribution is 7.16. The molecular weight excluding hydrogens is 334 g/mol. The van der Waals surface area contributed by atoms with Crippen LogP contribution in [-0.4, -0.2) is 15.8 Å². The average Bonchev–Trinajstić information content (AvgIpc) is 3.19. The quantitative estimate of drug-likeness (QED) is 0.560. The topological polar surface area (TPSA) is 85.1 Å². The number of carbonyl (C=O) groups excluding carboxylic acids is 1. The molecule has 0 spiro atoms. The highest BCUT2D eigenvalue weighted by Gasteiger charge is 2.11. The van der Waals surface area contributed by atoms with E-state index in [4.69, 9.17) is 0 Å². The van der Waals surface area contributed by atoms with Crippen LogP contribution in [0.3, 0.4) is 0 Å². The number of hydrogen-bond donors (Lipinski definition) is 1. The number of non-ortho nitro benzene ring substituents is 1. The van der Waals surface area contributed by atoms with Crippen molar-refractivity contribution in [1.29, 1.82) is 0 Å². The SMILES string of the molecule is O=C(Nc1ncc(Cc2cccc([N+](=O)[O-])c2)s1)c1cccs1. The summed E-state index contributed by atoms with van der Waals surface area (Å²) >= 11 is 2.72. The lowest BCUT2D eigenvalue weighted by Gasteiger charge is -1.99. The monoisotopic (exact) mass is 345 g/mol. The summed E-state index contributed by atoms with van der Waals surface area (Å²) in [6.07, 6.45) is 2.21. The number of amides is 1. The number of nitrogens with zero attached hydrogens (tertiary/aromatic N) is 2. The first-order valence-corrected chi connectivity index (χ1v) is 8.34. The van der Waals surface area contributed by atoms with Crippen LogP contribution >= 0.6 is 22.7 Å². The Hall–Kier alpha value is -2.58. The molecule has 23 heavy (non-hydrogen) atoms. The molecule has 2 heterocycles. The van der Waals surface area contributed by atoms with E-state index in [2.05, 4.69) is 10.3 Å². The van der Waals surface area contributed by atoms with Gasteiger partial charge in [-0.1, -0.05) is 18.2 Å². The number of benzene rings is 1. The van der Waals surface area contributed by atoms with Crippen molar-refractivity contribution in [2.24, 2.45) is 0 Å². The van der Waals surface area contributed by atoms with Gasteiger partial charge in [0.1, 0.15) is 0 Å². The normalized spacial score (nSPS) is 10.4. The number of aromatic nitrogens is 1. The van der Waals surface area contributed by atoms with Gasteiger partial charge in [-0.2, -0.15) is 0 Å². The van der Waals surface area contributed by atoms with E-state index in [-0.39, 0.29) is 11.6 Å². The maximum absolute atomic E-state index is 12.0. The van der Waals surface area contributed by atoms with E-state index in [1.807, 2.05) is 17.5 Å². The molecule has 0 atom stereocenters. The summed E-state index contributed by atoms with van der Waals surface area (Å²) in [6.45, 7) is 0. The molecule has 1 amide bonds. The van der Waals surface area contributed by atoms with Crippen LogP contribution in [-0.2, 0) is 6.42 Å². The Labute approximate surface area is 139 Å². The number of nitrogens with one attached hydrogen (secondary N) is 1. The minimum Gasteiger partial charge on any atom is -0.297 e. The predicted octanol–water partition coefficient (Wildman–Crippen LogP) is 3.96. The number of anilines is 1. The maximum atomic E-state index is 12.0. The Kier molecular flexibility index (Phi) is 4.45. The zero-order chi connectivity index (χ0) is 16.2. The fraction of sp³-hybridized carbons (Fsp3) is 0.0667. The summed E-state index contributed by atoms with van der Waals surface area (Å²) in [6, 6.07) is 10.1. The fourth-order valence-corrected chi connectivity index (χ4v) is 3.46. The zero-order valence-electron chi connectivity index (χ0n) is 11.8. The highest BCUT2D eigenvalue weighted by Crippen LogP contribution is 2.23. The summed E-state index contributed by atoms with van der Waals surface area (Å²) in [4.78, 5) is 28.1. The predicted molar refractivity (Wildman–Crippen MR) is 90.3 cm³/mol. The van der Waals surface area contributed by atoms with Crippen molar-refractivity contribution in [3.8, 4) is 0 Å². The first-order chi connectivity index (χ1) is 11.1. The molecule has 3 aromatic rings. The van der Waals surface area contributed by atoms with E-state index in [0.717, 1.165) is 10.4 Å². The van der Waals surface area contributed by atoms with Crippen LogP contribution in [0.4, 0.5) is 10.8 Å². The third-order valence-corrected chi connectivity index (χ3v) is 4.80. The van der Waals surface area contributed by atoms with Crippen LogP contribution in [0.5, 0.6) is 0 Å². The van der Waals surface area contributed by atoms with E-state index in [1.54, 1.807) is 24.4 Å². The second-order valence-corrected chi connectivity index (χ2v) is 6.73. The molecular formula is C15H11N3O3S2. The van der Waals surface area contributed by atoms with E-state index >= 15 is 0 Å². The first-order valence-electron chi connectivity index (χ1n) is 6.65. The lowest BCUT2D eigenvalue weighted by molar-refractivity contribution is -0.384. The molecule has 8 heteroatoms. The lowest BCUT2D eigenvalue weighted by atomic mass is 10.1. The van der Waals surface area contributed by atoms with Crippen molar-refractivity contribution < 1.29 is 9.72 Å². The van der Waals surface area contributed by atoms with Gasteiger partial charge in [-0.05, 0) is 17.0 Å². The number of rotatable bonds is 5. The van der Waals surface area contributed by atoms with Crippen molar-refractivity contribution >= 4 is 39.4 Å². The molecule has 1 aromatic carbocycles. The average molecular weight is 345 g/mol. The summed E-state index contributed by atoms with van der Waals surface area (Å²) < 4.78 is 0. The van der Waals surface area contributed by atoms with Gasteiger partial charge in [-0.3, -0.25) is 20.2 Å². The second-order valence-electron chi connectivity index (χ2n) is 4.67. The standard InChI is InChI=1S/C15H11N3O3S2/c19-14(13-5-2-6-22-13)17-15-16-9-12(23-15)8-10-3-1-4-11(7-10)18(20)21/h1-7,9H,8H2,(H,16,17,19). The van der Waals surface area contributed by atoms with Crippen LogP contribution in [0, 0.1) is 10.1 Å². The van der Waals surface area contributed by atoms with Crippen LogP contribution in [0.15, 0.2) is 48.0 Å². The van der Waals surface area contributed by atoms with Crippen LogP contribution in [0.1, 0.15) is 20.1 Å². The van der Waals surface area contributed by atoms with Crippen molar-refractivity contribution in [3.63, 3.8) is 0 Å². The zero-order valence-corrected chi connectivity index (χ0v) is 13.4. The van der Waals surface area contributed by atoms with Crippen molar-refractivity contribution in [2.75, 3.05) is 5.32 Å². The Balaban J connectivity index is 1.69. The smallest absolute Gasteiger partial charge is 0.269 e. The van der Waals surface area contributed by atoms with Gasteiger partial charge in [0, 0.05) is 29.6 Å². The molecule has 6 nitrogen and oxygen atoms in total. The molecule has 0 saturated heterocycles. The molecule has 0 unspecified atom stereocenters. The summed E-state index contributed by atoms with van der Waals surface area (Å²) in [5.41, 5.74) is 0.900. The van der Waals surface area contributed by atoms with Gasteiger partial charge in [-0.25, -0.2) is 4.98 Å². The number of nitro benzene ring substituents is 1. The van der Waals surface area contributed by atoms with Crippen molar-refractivity contribution in [3.05, 3.63) is 73.4 Å². The van der Waals surface area contributed by atoms with Gasteiger partial charge in [0.05, 0.1) is 9.80 Å². The van der Waals surface area contributed by atoms with Crippen molar-refractivity contribution in [1.82, 2.24) is 4.98 Å². The molecule has 0 saturated carbocycles. The fourth-order valence-electron chi connectivity index (χ4n) is 1.99. The highest BCUT2D eigenvalue weighted by atomic mass is 32.1. The van der Waals surface area contributed by atoms with E-state index in [0.29, 0.717) is 16.4 Å². The summed E-state index contributed by atoms with van der Waals surface area (Å²) in [7, 11) is 0. The van der Waals surface area contributed by atoms with Crippen LogP contribution < -0.4 is 5.32 Å². The summed E-state index contributed by atoms with van der Waals surface area (Å²) in [5.74, 6) is -0.184. The Morgan fingerprint density at radius 3 is 2.91 bits per heavy atom. The number of nitro groups is 1. The third-order valence-electron chi connectivity index (χ3n) is 3.02. The van der Waals surface area contributed by atoms with Gasteiger partial charge < -0.3 is 0 Å². The van der Waals surface area contributed by atoms with Gasteiger partial charge in [0.2, 0.25) is 0 Å². The molecule has 116 valence electrons. The van der Waals surface area contributed by atoms with Crippen molar-refractivity contribution in [2.45, 2.75) is 6.42 Å². The minimum absolute atomic E-state index is 0.0678. The van der Waals surface area contributed by atoms with E-state index < -0.39 is 4.92 Å². The molecule has 2 aromatic heterocycles. The molecule has 0 aliphatic rings.